The molecule has 1 saturated heterocycles. The Bertz CT molecular complexity index is 612. The van der Waals surface area contributed by atoms with Crippen molar-refractivity contribution in [3.05, 3.63) is 11.9 Å². The van der Waals surface area contributed by atoms with Crippen LogP contribution in [0.5, 0.6) is 0 Å². The first-order chi connectivity index (χ1) is 12.3. The molecule has 6 nitrogen and oxygen atoms in total. The Morgan fingerprint density at radius 1 is 1.23 bits per heavy atom. The number of likely N-dealkylation sites (tertiary alicyclic amines) is 1. The molecule has 146 valence electrons. The van der Waals surface area contributed by atoms with Gasteiger partial charge in [-0.2, -0.15) is 5.10 Å². The van der Waals surface area contributed by atoms with Gasteiger partial charge in [0.2, 0.25) is 0 Å². The topological polar surface area (TPSA) is 62.2 Å². The molecule has 0 aromatic carbocycles. The number of amides is 2. The average molecular weight is 362 g/mol. The maximum atomic E-state index is 12.4. The highest BCUT2D eigenvalue weighted by atomic mass is 16.2. The summed E-state index contributed by atoms with van der Waals surface area (Å²) in [5.41, 5.74) is 2.14. The van der Waals surface area contributed by atoms with Crippen LogP contribution in [0.3, 0.4) is 0 Å². The Labute approximate surface area is 157 Å². The van der Waals surface area contributed by atoms with Crippen LogP contribution in [0.25, 0.3) is 0 Å². The van der Waals surface area contributed by atoms with Crippen LogP contribution in [-0.4, -0.2) is 45.9 Å². The normalized spacial score (nSPS) is 22.5. The standard InChI is InChI=1S/C20H35N5O/c1-20(2,3)25-11-10-15(13-25)12-21-19(26)22-17-14-24(4)23-18(17)16-8-6-5-7-9-16/h14-16H,5-13H2,1-4H3,(H2,21,22,26). The summed E-state index contributed by atoms with van der Waals surface area (Å²) in [4.78, 5) is 14.9. The van der Waals surface area contributed by atoms with E-state index in [2.05, 4.69) is 41.4 Å². The minimum absolute atomic E-state index is 0.107. The van der Waals surface area contributed by atoms with Crippen LogP contribution in [0.2, 0.25) is 0 Å². The van der Waals surface area contributed by atoms with E-state index in [1.165, 1.54) is 32.1 Å². The molecule has 0 spiro atoms. The number of anilines is 1. The van der Waals surface area contributed by atoms with Gasteiger partial charge in [-0.25, -0.2) is 4.79 Å². The van der Waals surface area contributed by atoms with Crippen molar-refractivity contribution in [2.24, 2.45) is 13.0 Å². The van der Waals surface area contributed by atoms with Gasteiger partial charge < -0.3 is 10.6 Å². The molecule has 2 amide bonds. The first-order valence-corrected chi connectivity index (χ1v) is 10.2. The molecule has 1 atom stereocenters. The Morgan fingerprint density at radius 3 is 2.62 bits per heavy atom. The number of nitrogens with zero attached hydrogens (tertiary/aromatic N) is 3. The van der Waals surface area contributed by atoms with E-state index in [1.54, 1.807) is 0 Å². The van der Waals surface area contributed by atoms with Crippen LogP contribution < -0.4 is 10.6 Å². The zero-order valence-electron chi connectivity index (χ0n) is 16.8. The number of hydrogen-bond acceptors (Lipinski definition) is 3. The molecular formula is C20H35N5O. The van der Waals surface area contributed by atoms with Crippen molar-refractivity contribution in [2.75, 3.05) is 25.0 Å². The van der Waals surface area contributed by atoms with Gasteiger partial charge in [-0.1, -0.05) is 19.3 Å². The van der Waals surface area contributed by atoms with Crippen LogP contribution in [0.15, 0.2) is 6.20 Å². The lowest BCUT2D eigenvalue weighted by atomic mass is 9.86. The molecule has 2 heterocycles. The lowest BCUT2D eigenvalue weighted by Crippen LogP contribution is -2.40. The molecule has 3 rings (SSSR count). The monoisotopic (exact) mass is 361 g/mol. The van der Waals surface area contributed by atoms with E-state index >= 15 is 0 Å². The minimum Gasteiger partial charge on any atom is -0.338 e. The van der Waals surface area contributed by atoms with Gasteiger partial charge in [0.1, 0.15) is 0 Å². The summed E-state index contributed by atoms with van der Waals surface area (Å²) in [6, 6.07) is -0.107. The van der Waals surface area contributed by atoms with Crippen molar-refractivity contribution in [1.29, 1.82) is 0 Å². The van der Waals surface area contributed by atoms with Crippen LogP contribution in [-0.2, 0) is 7.05 Å². The van der Waals surface area contributed by atoms with Gasteiger partial charge >= 0.3 is 6.03 Å². The third kappa shape index (κ3) is 4.78. The zero-order valence-corrected chi connectivity index (χ0v) is 16.8. The first kappa shape index (κ1) is 19.2. The van der Waals surface area contributed by atoms with Crippen molar-refractivity contribution >= 4 is 11.7 Å². The molecule has 2 N–H and O–H groups in total. The maximum absolute atomic E-state index is 12.4. The number of nitrogens with one attached hydrogen (secondary N) is 2. The number of carbonyl (C=O) groups excluding carboxylic acids is 1. The van der Waals surface area contributed by atoms with Crippen molar-refractivity contribution in [3.63, 3.8) is 0 Å². The molecule has 1 aromatic heterocycles. The fourth-order valence-corrected chi connectivity index (χ4v) is 4.29. The molecular weight excluding hydrogens is 326 g/mol. The van der Waals surface area contributed by atoms with Gasteiger partial charge in [0, 0.05) is 37.8 Å². The second-order valence-electron chi connectivity index (χ2n) is 9.04. The number of urea groups is 1. The van der Waals surface area contributed by atoms with E-state index in [1.807, 2.05) is 17.9 Å². The number of aryl methyl sites for hydroxylation is 1. The van der Waals surface area contributed by atoms with Crippen LogP contribution in [0, 0.1) is 5.92 Å². The van der Waals surface area contributed by atoms with E-state index in [4.69, 9.17) is 0 Å². The van der Waals surface area contributed by atoms with Crippen molar-refractivity contribution in [3.8, 4) is 0 Å². The Hall–Kier alpha value is -1.56. The predicted molar refractivity (Wildman–Crippen MR) is 105 cm³/mol. The largest absolute Gasteiger partial charge is 0.338 e. The summed E-state index contributed by atoms with van der Waals surface area (Å²) in [5.74, 6) is 1.02. The highest BCUT2D eigenvalue weighted by molar-refractivity contribution is 5.89. The molecule has 1 saturated carbocycles. The summed E-state index contributed by atoms with van der Waals surface area (Å²) < 4.78 is 1.82. The van der Waals surface area contributed by atoms with Crippen LogP contribution in [0.1, 0.15) is 70.9 Å². The van der Waals surface area contributed by atoms with Gasteiger partial charge in [0.25, 0.3) is 0 Å². The summed E-state index contributed by atoms with van der Waals surface area (Å²) in [7, 11) is 1.93. The Balaban J connectivity index is 1.51. The SMILES string of the molecule is Cn1cc(NC(=O)NCC2CCN(C(C)(C)C)C2)c(C2CCCCC2)n1. The van der Waals surface area contributed by atoms with E-state index in [-0.39, 0.29) is 11.6 Å². The maximum Gasteiger partial charge on any atom is 0.319 e. The molecule has 1 aromatic rings. The van der Waals surface area contributed by atoms with E-state index in [9.17, 15) is 4.79 Å². The number of carbonyl (C=O) groups is 1. The van der Waals surface area contributed by atoms with E-state index in [0.29, 0.717) is 11.8 Å². The quantitative estimate of drug-likeness (QED) is 0.859. The number of aromatic nitrogens is 2. The lowest BCUT2D eigenvalue weighted by molar-refractivity contribution is 0.168. The van der Waals surface area contributed by atoms with Gasteiger partial charge in [-0.15, -0.1) is 0 Å². The number of hydrogen-bond donors (Lipinski definition) is 2. The van der Waals surface area contributed by atoms with Gasteiger partial charge in [0.05, 0.1) is 11.4 Å². The second kappa shape index (κ2) is 7.99. The molecule has 1 aliphatic carbocycles. The van der Waals surface area contributed by atoms with Gasteiger partial charge in [-0.05, 0) is 52.5 Å². The fourth-order valence-electron chi connectivity index (χ4n) is 4.29. The summed E-state index contributed by atoms with van der Waals surface area (Å²) >= 11 is 0. The van der Waals surface area contributed by atoms with Crippen LogP contribution in [0.4, 0.5) is 10.5 Å². The van der Waals surface area contributed by atoms with Crippen molar-refractivity contribution in [1.82, 2.24) is 20.0 Å². The van der Waals surface area contributed by atoms with Gasteiger partial charge in [-0.3, -0.25) is 9.58 Å². The van der Waals surface area contributed by atoms with Gasteiger partial charge in [0.15, 0.2) is 0 Å². The summed E-state index contributed by atoms with van der Waals surface area (Å²) in [5, 5.41) is 10.7. The minimum atomic E-state index is -0.107. The molecule has 2 fully saturated rings. The zero-order chi connectivity index (χ0) is 18.7. The molecule has 0 bridgehead atoms. The molecule has 2 aliphatic rings. The number of rotatable bonds is 4. The lowest BCUT2D eigenvalue weighted by Gasteiger charge is -2.31. The second-order valence-corrected chi connectivity index (χ2v) is 9.04. The fraction of sp³-hybridized carbons (Fsp3) is 0.800. The van der Waals surface area contributed by atoms with Crippen LogP contribution >= 0.6 is 0 Å². The highest BCUT2D eigenvalue weighted by Gasteiger charge is 2.30. The summed E-state index contributed by atoms with van der Waals surface area (Å²) in [6.07, 6.45) is 9.28. The average Bonchev–Trinajstić information content (AvgIpc) is 3.20. The first-order valence-electron chi connectivity index (χ1n) is 10.2. The third-order valence-electron chi connectivity index (χ3n) is 5.88. The third-order valence-corrected chi connectivity index (χ3v) is 5.88. The summed E-state index contributed by atoms with van der Waals surface area (Å²) in [6.45, 7) is 9.67. The van der Waals surface area contributed by atoms with Crippen molar-refractivity contribution < 1.29 is 4.79 Å². The molecule has 0 radical (unpaired) electrons. The molecule has 26 heavy (non-hydrogen) atoms. The molecule has 1 aliphatic heterocycles. The molecule has 6 heteroatoms. The molecule has 1 unspecified atom stereocenters. The van der Waals surface area contributed by atoms with E-state index in [0.717, 1.165) is 37.4 Å². The smallest absolute Gasteiger partial charge is 0.319 e. The van der Waals surface area contributed by atoms with Crippen molar-refractivity contribution in [2.45, 2.75) is 70.8 Å². The Kier molecular flexibility index (Phi) is 5.90. The highest BCUT2D eigenvalue weighted by Crippen LogP contribution is 2.35. The predicted octanol–water partition coefficient (Wildman–Crippen LogP) is 3.71. The van der Waals surface area contributed by atoms with E-state index < -0.39 is 0 Å². The Morgan fingerprint density at radius 2 is 1.96 bits per heavy atom.